The predicted octanol–water partition coefficient (Wildman–Crippen LogP) is 2.74. The van der Waals surface area contributed by atoms with Crippen LogP contribution < -0.4 is 16.4 Å². The van der Waals surface area contributed by atoms with Crippen molar-refractivity contribution in [1.82, 2.24) is 20.6 Å². The summed E-state index contributed by atoms with van der Waals surface area (Å²) in [4.78, 5) is 37.7. The topological polar surface area (TPSA) is 93.1 Å². The van der Waals surface area contributed by atoms with Gasteiger partial charge in [-0.25, -0.2) is 4.68 Å². The first-order valence-electron chi connectivity index (χ1n) is 9.23. The molecule has 0 aliphatic rings. The number of benzene rings is 2. The molecule has 2 amide bonds. The van der Waals surface area contributed by atoms with Gasteiger partial charge < -0.3 is 0 Å². The Balaban J connectivity index is 1.83. The van der Waals surface area contributed by atoms with Gasteiger partial charge in [-0.05, 0) is 36.4 Å². The van der Waals surface area contributed by atoms with Gasteiger partial charge in [0.15, 0.2) is 5.69 Å². The van der Waals surface area contributed by atoms with Crippen LogP contribution in [0.1, 0.15) is 39.8 Å². The van der Waals surface area contributed by atoms with Crippen LogP contribution >= 0.6 is 11.8 Å². The van der Waals surface area contributed by atoms with Crippen molar-refractivity contribution in [3.8, 4) is 0 Å². The van der Waals surface area contributed by atoms with E-state index in [4.69, 9.17) is 0 Å². The fourth-order valence-electron chi connectivity index (χ4n) is 2.98. The number of carbonyl (C=O) groups is 2. The van der Waals surface area contributed by atoms with Crippen LogP contribution in [0.2, 0.25) is 0 Å². The lowest BCUT2D eigenvalue weighted by atomic mass is 10.1. The standard InChI is InChI=1S/C21H22N4O3S/c1-3-11-25-21(28)17-10-5-4-9-16(17)18(24-25)20(27)23-22-19(26)15-8-6-7-14(12-15)13-29-2/h4-10,12H,3,11,13H2,1-2H3,(H,22,26)(H,23,27). The molecule has 29 heavy (non-hydrogen) atoms. The second-order valence-electron chi connectivity index (χ2n) is 6.46. The van der Waals surface area contributed by atoms with Crippen LogP contribution in [-0.2, 0) is 12.3 Å². The van der Waals surface area contributed by atoms with Crippen molar-refractivity contribution in [2.24, 2.45) is 0 Å². The Hall–Kier alpha value is -3.13. The monoisotopic (exact) mass is 410 g/mol. The number of hydrazine groups is 1. The van der Waals surface area contributed by atoms with Crippen molar-refractivity contribution in [2.75, 3.05) is 6.26 Å². The summed E-state index contributed by atoms with van der Waals surface area (Å²) in [7, 11) is 0. The Morgan fingerprint density at radius 2 is 1.76 bits per heavy atom. The molecule has 0 saturated heterocycles. The van der Waals surface area contributed by atoms with E-state index in [1.807, 2.05) is 19.2 Å². The molecular formula is C21H22N4O3S. The summed E-state index contributed by atoms with van der Waals surface area (Å²) in [6.07, 6.45) is 2.69. The zero-order valence-corrected chi connectivity index (χ0v) is 17.1. The normalized spacial score (nSPS) is 10.7. The van der Waals surface area contributed by atoms with E-state index < -0.39 is 11.8 Å². The number of hydrogen-bond donors (Lipinski definition) is 2. The summed E-state index contributed by atoms with van der Waals surface area (Å²) in [5.74, 6) is -0.213. The molecule has 1 heterocycles. The summed E-state index contributed by atoms with van der Waals surface area (Å²) in [5.41, 5.74) is 6.15. The predicted molar refractivity (Wildman–Crippen MR) is 115 cm³/mol. The lowest BCUT2D eigenvalue weighted by Crippen LogP contribution is -2.42. The molecule has 0 bridgehead atoms. The molecule has 0 radical (unpaired) electrons. The number of aryl methyl sites for hydroxylation is 1. The Bertz CT molecular complexity index is 1110. The molecule has 0 unspecified atom stereocenters. The van der Waals surface area contributed by atoms with E-state index in [2.05, 4.69) is 16.0 Å². The molecule has 3 aromatic rings. The van der Waals surface area contributed by atoms with Gasteiger partial charge in [0.25, 0.3) is 17.4 Å². The molecule has 1 aromatic heterocycles. The maximum atomic E-state index is 12.7. The second-order valence-corrected chi connectivity index (χ2v) is 7.33. The summed E-state index contributed by atoms with van der Waals surface area (Å²) >= 11 is 1.66. The minimum absolute atomic E-state index is 0.0880. The number of fused-ring (bicyclic) bond motifs is 1. The SMILES string of the molecule is CCCn1nc(C(=O)NNC(=O)c2cccc(CSC)c2)c2ccccc2c1=O. The third-order valence-electron chi connectivity index (χ3n) is 4.31. The lowest BCUT2D eigenvalue weighted by Gasteiger charge is -2.11. The largest absolute Gasteiger partial charge is 0.290 e. The molecule has 2 N–H and O–H groups in total. The maximum absolute atomic E-state index is 12.7. The number of nitrogens with zero attached hydrogens (tertiary/aromatic N) is 2. The Kier molecular flexibility index (Phi) is 6.66. The van der Waals surface area contributed by atoms with Crippen molar-refractivity contribution in [3.05, 3.63) is 75.7 Å². The summed E-state index contributed by atoms with van der Waals surface area (Å²) in [6, 6.07) is 14.0. The number of thioether (sulfide) groups is 1. The minimum Gasteiger partial charge on any atom is -0.267 e. The highest BCUT2D eigenvalue weighted by molar-refractivity contribution is 7.97. The number of aromatic nitrogens is 2. The van der Waals surface area contributed by atoms with Crippen LogP contribution in [0.3, 0.4) is 0 Å². The van der Waals surface area contributed by atoms with Crippen LogP contribution in [-0.4, -0.2) is 27.9 Å². The summed E-state index contributed by atoms with van der Waals surface area (Å²) in [6.45, 7) is 2.33. The fourth-order valence-corrected chi connectivity index (χ4v) is 3.49. The molecule has 150 valence electrons. The van der Waals surface area contributed by atoms with E-state index in [0.29, 0.717) is 29.3 Å². The lowest BCUT2D eigenvalue weighted by molar-refractivity contribution is 0.0843. The third kappa shape index (κ3) is 4.65. The molecule has 0 fully saturated rings. The molecular weight excluding hydrogens is 388 g/mol. The van der Waals surface area contributed by atoms with Gasteiger partial charge in [0.1, 0.15) is 0 Å². The maximum Gasteiger partial charge on any atom is 0.290 e. The number of amides is 2. The Labute approximate surface area is 172 Å². The first kappa shape index (κ1) is 20.6. The zero-order chi connectivity index (χ0) is 20.8. The van der Waals surface area contributed by atoms with Crippen LogP contribution in [0.4, 0.5) is 0 Å². The number of nitrogens with one attached hydrogen (secondary N) is 2. The average Bonchev–Trinajstić information content (AvgIpc) is 2.74. The zero-order valence-electron chi connectivity index (χ0n) is 16.3. The highest BCUT2D eigenvalue weighted by atomic mass is 32.2. The van der Waals surface area contributed by atoms with Crippen LogP contribution in [0, 0.1) is 0 Å². The van der Waals surface area contributed by atoms with Crippen LogP contribution in [0.5, 0.6) is 0 Å². The van der Waals surface area contributed by atoms with Crippen molar-refractivity contribution in [3.63, 3.8) is 0 Å². The third-order valence-corrected chi connectivity index (χ3v) is 4.93. The van der Waals surface area contributed by atoms with Gasteiger partial charge in [0.2, 0.25) is 0 Å². The molecule has 0 aliphatic carbocycles. The molecule has 2 aromatic carbocycles. The molecule has 7 nitrogen and oxygen atoms in total. The number of hydrogen-bond acceptors (Lipinski definition) is 5. The van der Waals surface area contributed by atoms with Gasteiger partial charge in [0, 0.05) is 23.2 Å². The summed E-state index contributed by atoms with van der Waals surface area (Å²) < 4.78 is 1.28. The first-order valence-corrected chi connectivity index (χ1v) is 10.6. The van der Waals surface area contributed by atoms with E-state index in [9.17, 15) is 14.4 Å². The number of rotatable bonds is 6. The van der Waals surface area contributed by atoms with Gasteiger partial charge in [-0.2, -0.15) is 16.9 Å². The van der Waals surface area contributed by atoms with E-state index >= 15 is 0 Å². The molecule has 0 atom stereocenters. The summed E-state index contributed by atoms with van der Waals surface area (Å²) in [5, 5.41) is 5.07. The van der Waals surface area contributed by atoms with Gasteiger partial charge in [0.05, 0.1) is 5.39 Å². The van der Waals surface area contributed by atoms with E-state index in [1.54, 1.807) is 54.2 Å². The molecule has 3 rings (SSSR count). The van der Waals surface area contributed by atoms with Gasteiger partial charge in [-0.15, -0.1) is 0 Å². The Morgan fingerprint density at radius 1 is 1.03 bits per heavy atom. The van der Waals surface area contributed by atoms with Crippen molar-refractivity contribution in [1.29, 1.82) is 0 Å². The average molecular weight is 410 g/mol. The highest BCUT2D eigenvalue weighted by Crippen LogP contribution is 2.14. The molecule has 8 heteroatoms. The van der Waals surface area contributed by atoms with Gasteiger partial charge >= 0.3 is 0 Å². The minimum atomic E-state index is -0.584. The fraction of sp³-hybridized carbons (Fsp3) is 0.238. The van der Waals surface area contributed by atoms with E-state index in [0.717, 1.165) is 11.3 Å². The smallest absolute Gasteiger partial charge is 0.267 e. The van der Waals surface area contributed by atoms with E-state index in [1.165, 1.54) is 4.68 Å². The van der Waals surface area contributed by atoms with Gasteiger partial charge in [-0.1, -0.05) is 37.3 Å². The van der Waals surface area contributed by atoms with Crippen molar-refractivity contribution >= 4 is 34.3 Å². The van der Waals surface area contributed by atoms with Crippen LogP contribution in [0.15, 0.2) is 53.3 Å². The second kappa shape index (κ2) is 9.38. The molecule has 0 saturated carbocycles. The van der Waals surface area contributed by atoms with Crippen molar-refractivity contribution < 1.29 is 9.59 Å². The molecule has 0 aliphatic heterocycles. The van der Waals surface area contributed by atoms with Crippen LogP contribution in [0.25, 0.3) is 10.8 Å². The van der Waals surface area contributed by atoms with Gasteiger partial charge in [-0.3, -0.25) is 25.2 Å². The quantitative estimate of drug-likeness (QED) is 0.610. The highest BCUT2D eigenvalue weighted by Gasteiger charge is 2.17. The first-order chi connectivity index (χ1) is 14.0. The molecule has 0 spiro atoms. The Morgan fingerprint density at radius 3 is 2.48 bits per heavy atom. The number of carbonyl (C=O) groups excluding carboxylic acids is 2. The van der Waals surface area contributed by atoms with E-state index in [-0.39, 0.29) is 11.3 Å². The van der Waals surface area contributed by atoms with Crippen molar-refractivity contribution in [2.45, 2.75) is 25.6 Å².